The van der Waals surface area contributed by atoms with Crippen LogP contribution < -0.4 is 10.2 Å². The lowest BCUT2D eigenvalue weighted by Crippen LogP contribution is -2.42. The van der Waals surface area contributed by atoms with Gasteiger partial charge in [0.25, 0.3) is 0 Å². The minimum absolute atomic E-state index is 0.536. The molecule has 0 saturated heterocycles. The summed E-state index contributed by atoms with van der Waals surface area (Å²) in [6.07, 6.45) is 0.940. The molecule has 2 rings (SSSR count). The van der Waals surface area contributed by atoms with Gasteiger partial charge in [-0.05, 0) is 26.0 Å². The molecule has 1 heterocycles. The summed E-state index contributed by atoms with van der Waals surface area (Å²) < 4.78 is 0. The van der Waals surface area contributed by atoms with E-state index in [2.05, 4.69) is 53.2 Å². The van der Waals surface area contributed by atoms with Gasteiger partial charge in [-0.2, -0.15) is 0 Å². The molecule has 1 aromatic rings. The Morgan fingerprint density at radius 1 is 1.44 bits per heavy atom. The maximum atomic E-state index is 3.46. The van der Waals surface area contributed by atoms with Gasteiger partial charge in [0.1, 0.15) is 0 Å². The van der Waals surface area contributed by atoms with Gasteiger partial charge in [0.2, 0.25) is 0 Å². The highest BCUT2D eigenvalue weighted by molar-refractivity contribution is 5.72. The first-order valence-electron chi connectivity index (χ1n) is 5.82. The molecule has 0 aliphatic carbocycles. The third-order valence-corrected chi connectivity index (χ3v) is 2.99. The summed E-state index contributed by atoms with van der Waals surface area (Å²) in [5.41, 5.74) is 2.55. The summed E-state index contributed by atoms with van der Waals surface area (Å²) in [7, 11) is 0. The first-order chi connectivity index (χ1) is 7.83. The zero-order valence-electron chi connectivity index (χ0n) is 9.96. The summed E-state index contributed by atoms with van der Waals surface area (Å²) in [4.78, 5) is 2.44. The van der Waals surface area contributed by atoms with E-state index in [4.69, 9.17) is 0 Å². The standard InChI is InChI=1S/C14H18N2/c1-3-4-7-10-16-12(2)11-15-13-8-5-6-9-14(13)16/h5-6,8-9,12,15H,7,10-11H2,1-2H3. The molecule has 1 aliphatic heterocycles. The zero-order valence-corrected chi connectivity index (χ0v) is 9.96. The number of nitrogens with one attached hydrogen (secondary N) is 1. The Balaban J connectivity index is 2.18. The molecule has 84 valence electrons. The molecular formula is C14H18N2. The van der Waals surface area contributed by atoms with Crippen molar-refractivity contribution in [1.82, 2.24) is 0 Å². The van der Waals surface area contributed by atoms with Gasteiger partial charge in [0.15, 0.2) is 0 Å². The van der Waals surface area contributed by atoms with Gasteiger partial charge in [-0.25, -0.2) is 0 Å². The quantitative estimate of drug-likeness (QED) is 0.761. The molecule has 1 aliphatic rings. The molecule has 0 aromatic heterocycles. The number of hydrogen-bond acceptors (Lipinski definition) is 2. The first-order valence-corrected chi connectivity index (χ1v) is 5.82. The average molecular weight is 214 g/mol. The normalized spacial score (nSPS) is 18.1. The van der Waals surface area contributed by atoms with E-state index in [0.29, 0.717) is 6.04 Å². The summed E-state index contributed by atoms with van der Waals surface area (Å²) in [6.45, 7) is 6.18. The van der Waals surface area contributed by atoms with Crippen molar-refractivity contribution >= 4 is 11.4 Å². The summed E-state index contributed by atoms with van der Waals surface area (Å²) in [5.74, 6) is 6.09. The third-order valence-electron chi connectivity index (χ3n) is 2.99. The van der Waals surface area contributed by atoms with Gasteiger partial charge in [-0.3, -0.25) is 0 Å². The molecule has 0 fully saturated rings. The number of hydrogen-bond donors (Lipinski definition) is 1. The Morgan fingerprint density at radius 3 is 3.06 bits per heavy atom. The van der Waals surface area contributed by atoms with Gasteiger partial charge in [0, 0.05) is 25.6 Å². The molecule has 0 spiro atoms. The molecule has 0 bridgehead atoms. The number of anilines is 2. The minimum atomic E-state index is 0.536. The lowest BCUT2D eigenvalue weighted by Gasteiger charge is -2.37. The Bertz CT molecular complexity index is 414. The number of nitrogens with zero attached hydrogens (tertiary/aromatic N) is 1. The second-order valence-electron chi connectivity index (χ2n) is 4.12. The van der Waals surface area contributed by atoms with Gasteiger partial charge >= 0.3 is 0 Å². The van der Waals surface area contributed by atoms with E-state index >= 15 is 0 Å². The molecule has 1 atom stereocenters. The molecule has 0 saturated carbocycles. The van der Waals surface area contributed by atoms with Gasteiger partial charge in [-0.15, -0.1) is 11.8 Å². The predicted molar refractivity (Wildman–Crippen MR) is 69.8 cm³/mol. The van der Waals surface area contributed by atoms with Crippen LogP contribution in [0.2, 0.25) is 0 Å². The van der Waals surface area contributed by atoms with Crippen LogP contribution in [0.1, 0.15) is 20.3 Å². The van der Waals surface area contributed by atoms with E-state index < -0.39 is 0 Å². The van der Waals surface area contributed by atoms with Crippen LogP contribution in [0.5, 0.6) is 0 Å². The van der Waals surface area contributed by atoms with Crippen LogP contribution in [0.15, 0.2) is 24.3 Å². The van der Waals surface area contributed by atoms with Crippen LogP contribution in [0.4, 0.5) is 11.4 Å². The highest BCUT2D eigenvalue weighted by Crippen LogP contribution is 2.30. The van der Waals surface area contributed by atoms with E-state index in [-0.39, 0.29) is 0 Å². The van der Waals surface area contributed by atoms with Crippen molar-refractivity contribution in [3.05, 3.63) is 24.3 Å². The van der Waals surface area contributed by atoms with Crippen molar-refractivity contribution in [3.63, 3.8) is 0 Å². The second-order valence-corrected chi connectivity index (χ2v) is 4.12. The molecular weight excluding hydrogens is 196 g/mol. The van der Waals surface area contributed by atoms with E-state index in [1.165, 1.54) is 11.4 Å². The van der Waals surface area contributed by atoms with Crippen molar-refractivity contribution in [2.45, 2.75) is 26.3 Å². The maximum Gasteiger partial charge on any atom is 0.0605 e. The lowest BCUT2D eigenvalue weighted by atomic mass is 10.1. The van der Waals surface area contributed by atoms with Crippen LogP contribution in [0.25, 0.3) is 0 Å². The van der Waals surface area contributed by atoms with E-state index in [1.54, 1.807) is 0 Å². The molecule has 1 N–H and O–H groups in total. The first kappa shape index (κ1) is 10.9. The lowest BCUT2D eigenvalue weighted by molar-refractivity contribution is 0.647. The van der Waals surface area contributed by atoms with Crippen molar-refractivity contribution in [3.8, 4) is 11.8 Å². The summed E-state index contributed by atoms with van der Waals surface area (Å²) >= 11 is 0. The number of benzene rings is 1. The fourth-order valence-electron chi connectivity index (χ4n) is 2.12. The number of fused-ring (bicyclic) bond motifs is 1. The van der Waals surface area contributed by atoms with Crippen LogP contribution in [0, 0.1) is 11.8 Å². The zero-order chi connectivity index (χ0) is 11.4. The average Bonchev–Trinajstić information content (AvgIpc) is 2.32. The Morgan fingerprint density at radius 2 is 2.25 bits per heavy atom. The van der Waals surface area contributed by atoms with E-state index in [1.807, 2.05) is 6.92 Å². The van der Waals surface area contributed by atoms with Crippen LogP contribution in [-0.2, 0) is 0 Å². The van der Waals surface area contributed by atoms with Crippen molar-refractivity contribution in [1.29, 1.82) is 0 Å². The van der Waals surface area contributed by atoms with Gasteiger partial charge < -0.3 is 10.2 Å². The largest absolute Gasteiger partial charge is 0.381 e. The molecule has 2 heteroatoms. The molecule has 1 aromatic carbocycles. The highest BCUT2D eigenvalue weighted by atomic mass is 15.2. The molecule has 16 heavy (non-hydrogen) atoms. The fourth-order valence-corrected chi connectivity index (χ4v) is 2.12. The Labute approximate surface area is 97.7 Å². The van der Waals surface area contributed by atoms with E-state index in [0.717, 1.165) is 19.5 Å². The summed E-state index contributed by atoms with van der Waals surface area (Å²) in [6, 6.07) is 9.02. The topological polar surface area (TPSA) is 15.3 Å². The second kappa shape index (κ2) is 4.94. The van der Waals surface area contributed by atoms with Crippen LogP contribution >= 0.6 is 0 Å². The SMILES string of the molecule is CC#CCCN1c2ccccc2NCC1C. The van der Waals surface area contributed by atoms with Crippen LogP contribution in [-0.4, -0.2) is 19.1 Å². The Kier molecular flexibility index (Phi) is 3.36. The monoisotopic (exact) mass is 214 g/mol. The molecule has 2 nitrogen and oxygen atoms in total. The van der Waals surface area contributed by atoms with E-state index in [9.17, 15) is 0 Å². The maximum absolute atomic E-state index is 3.46. The highest BCUT2D eigenvalue weighted by Gasteiger charge is 2.21. The molecule has 0 radical (unpaired) electrons. The van der Waals surface area contributed by atoms with Crippen molar-refractivity contribution < 1.29 is 0 Å². The molecule has 1 unspecified atom stereocenters. The smallest absolute Gasteiger partial charge is 0.0605 e. The number of rotatable bonds is 2. The summed E-state index contributed by atoms with van der Waals surface area (Å²) in [5, 5.41) is 3.46. The fraction of sp³-hybridized carbons (Fsp3) is 0.429. The molecule has 0 amide bonds. The van der Waals surface area contributed by atoms with Gasteiger partial charge in [0.05, 0.1) is 11.4 Å². The predicted octanol–water partition coefficient (Wildman–Crippen LogP) is 2.72. The van der Waals surface area contributed by atoms with Crippen molar-refractivity contribution in [2.75, 3.05) is 23.3 Å². The van der Waals surface area contributed by atoms with Crippen molar-refractivity contribution in [2.24, 2.45) is 0 Å². The minimum Gasteiger partial charge on any atom is -0.381 e. The van der Waals surface area contributed by atoms with Crippen LogP contribution in [0.3, 0.4) is 0 Å². The third kappa shape index (κ3) is 2.14. The Hall–Kier alpha value is -1.62. The number of para-hydroxylation sites is 2. The van der Waals surface area contributed by atoms with Gasteiger partial charge in [-0.1, -0.05) is 12.1 Å².